The molecule has 0 aliphatic carbocycles. The Morgan fingerprint density at radius 2 is 1.85 bits per heavy atom. The van der Waals surface area contributed by atoms with Gasteiger partial charge in [0, 0.05) is 6.54 Å². The smallest absolute Gasteiger partial charge is 0.322 e. The Balaban J connectivity index is 2.05. The van der Waals surface area contributed by atoms with Crippen LogP contribution in [0.5, 0.6) is 5.75 Å². The van der Waals surface area contributed by atoms with E-state index in [2.05, 4.69) is 10.6 Å². The van der Waals surface area contributed by atoms with E-state index in [1.54, 1.807) is 12.1 Å². The van der Waals surface area contributed by atoms with E-state index in [1.165, 1.54) is 17.0 Å². The fraction of sp³-hybridized carbons (Fsp3) is 0.545. The number of phenols is 1. The highest BCUT2D eigenvalue weighted by Crippen LogP contribution is 2.20. The standard InChI is InChI=1S/C22H33N5O6/c23-10-2-1-4-17(26-20(31)16(24)12-14-6-8-15(28)9-7-14)22(33)27-11-3-5-18(27)21(32)25-13-19(29)30/h6-9,16-18,28H,1-5,10-13,23-24H2,(H,25,32)(H,26,31)(H,29,30). The normalized spacial score (nSPS) is 17.3. The van der Waals surface area contributed by atoms with E-state index >= 15 is 0 Å². The van der Waals surface area contributed by atoms with Crippen LogP contribution in [-0.2, 0) is 25.6 Å². The van der Waals surface area contributed by atoms with Crippen molar-refractivity contribution in [3.8, 4) is 5.75 Å². The molecule has 3 amide bonds. The summed E-state index contributed by atoms with van der Waals surface area (Å²) in [5.41, 5.74) is 12.4. The third kappa shape index (κ3) is 8.03. The van der Waals surface area contributed by atoms with Gasteiger partial charge in [-0.1, -0.05) is 12.1 Å². The fourth-order valence-corrected chi connectivity index (χ4v) is 3.79. The average Bonchev–Trinajstić information content (AvgIpc) is 3.27. The van der Waals surface area contributed by atoms with Gasteiger partial charge in [0.05, 0.1) is 6.04 Å². The summed E-state index contributed by atoms with van der Waals surface area (Å²) in [7, 11) is 0. The lowest BCUT2D eigenvalue weighted by Gasteiger charge is -2.29. The van der Waals surface area contributed by atoms with Gasteiger partial charge in [0.15, 0.2) is 0 Å². The molecule has 0 spiro atoms. The highest BCUT2D eigenvalue weighted by Gasteiger charge is 2.37. The Morgan fingerprint density at radius 1 is 1.15 bits per heavy atom. The number of unbranched alkanes of at least 4 members (excludes halogenated alkanes) is 1. The van der Waals surface area contributed by atoms with Crippen LogP contribution >= 0.6 is 0 Å². The predicted molar refractivity (Wildman–Crippen MR) is 120 cm³/mol. The predicted octanol–water partition coefficient (Wildman–Crippen LogP) is -0.932. The summed E-state index contributed by atoms with van der Waals surface area (Å²) < 4.78 is 0. The minimum atomic E-state index is -1.17. The van der Waals surface area contributed by atoms with Crippen molar-refractivity contribution in [1.29, 1.82) is 0 Å². The SMILES string of the molecule is NCCCCC(NC(=O)C(N)Cc1ccc(O)cc1)C(=O)N1CCCC1C(=O)NCC(=O)O. The molecule has 0 bridgehead atoms. The molecule has 182 valence electrons. The monoisotopic (exact) mass is 463 g/mol. The first-order valence-corrected chi connectivity index (χ1v) is 11.1. The van der Waals surface area contributed by atoms with E-state index in [9.17, 15) is 24.3 Å². The molecule has 0 saturated carbocycles. The van der Waals surface area contributed by atoms with Gasteiger partial charge in [-0.15, -0.1) is 0 Å². The molecule has 1 aliphatic heterocycles. The highest BCUT2D eigenvalue weighted by molar-refractivity contribution is 5.94. The van der Waals surface area contributed by atoms with Crippen molar-refractivity contribution in [2.75, 3.05) is 19.6 Å². The van der Waals surface area contributed by atoms with Crippen LogP contribution in [0.15, 0.2) is 24.3 Å². The fourth-order valence-electron chi connectivity index (χ4n) is 3.79. The van der Waals surface area contributed by atoms with Crippen molar-refractivity contribution in [1.82, 2.24) is 15.5 Å². The molecule has 1 saturated heterocycles. The highest BCUT2D eigenvalue weighted by atomic mass is 16.4. The van der Waals surface area contributed by atoms with E-state index < -0.39 is 48.4 Å². The first-order chi connectivity index (χ1) is 15.7. The molecular formula is C22H33N5O6. The number of carbonyl (C=O) groups excluding carboxylic acids is 3. The average molecular weight is 464 g/mol. The summed E-state index contributed by atoms with van der Waals surface area (Å²) in [6, 6.07) is 3.77. The molecule has 1 fully saturated rings. The maximum Gasteiger partial charge on any atom is 0.322 e. The van der Waals surface area contributed by atoms with Gasteiger partial charge in [-0.2, -0.15) is 0 Å². The molecule has 8 N–H and O–H groups in total. The van der Waals surface area contributed by atoms with Crippen molar-refractivity contribution in [3.05, 3.63) is 29.8 Å². The summed E-state index contributed by atoms with van der Waals surface area (Å²) in [6.45, 7) is 0.256. The number of hydrogen-bond acceptors (Lipinski definition) is 7. The van der Waals surface area contributed by atoms with Crippen molar-refractivity contribution < 1.29 is 29.4 Å². The van der Waals surface area contributed by atoms with Crippen LogP contribution in [0.3, 0.4) is 0 Å². The molecule has 1 aliphatic rings. The summed E-state index contributed by atoms with van der Waals surface area (Å²) in [5.74, 6) is -2.49. The van der Waals surface area contributed by atoms with Crippen LogP contribution in [0.4, 0.5) is 0 Å². The summed E-state index contributed by atoms with van der Waals surface area (Å²) in [5, 5.41) is 23.2. The molecule has 3 unspecified atom stereocenters. The maximum atomic E-state index is 13.3. The number of aliphatic carboxylic acids is 1. The molecule has 11 nitrogen and oxygen atoms in total. The minimum Gasteiger partial charge on any atom is -0.508 e. The Kier molecular flexibility index (Phi) is 10.1. The van der Waals surface area contributed by atoms with Gasteiger partial charge in [-0.3, -0.25) is 19.2 Å². The Hall–Kier alpha value is -3.18. The molecule has 0 aromatic heterocycles. The van der Waals surface area contributed by atoms with Crippen LogP contribution in [0.2, 0.25) is 0 Å². The maximum absolute atomic E-state index is 13.3. The molecule has 2 rings (SSSR count). The van der Waals surface area contributed by atoms with Crippen molar-refractivity contribution in [2.45, 2.75) is 56.7 Å². The lowest BCUT2D eigenvalue weighted by molar-refractivity contribution is -0.143. The number of amides is 3. The van der Waals surface area contributed by atoms with E-state index in [0.29, 0.717) is 45.2 Å². The topological polar surface area (TPSA) is 188 Å². The Labute approximate surface area is 192 Å². The Bertz CT molecular complexity index is 831. The van der Waals surface area contributed by atoms with Crippen LogP contribution < -0.4 is 22.1 Å². The van der Waals surface area contributed by atoms with Crippen molar-refractivity contribution >= 4 is 23.7 Å². The molecule has 11 heteroatoms. The second kappa shape index (κ2) is 12.8. The van der Waals surface area contributed by atoms with E-state index in [-0.39, 0.29) is 12.2 Å². The van der Waals surface area contributed by atoms with Crippen molar-refractivity contribution in [2.24, 2.45) is 11.5 Å². The number of carboxylic acid groups (broad SMARTS) is 1. The van der Waals surface area contributed by atoms with Crippen LogP contribution in [-0.4, -0.2) is 76.6 Å². The number of aromatic hydroxyl groups is 1. The zero-order chi connectivity index (χ0) is 24.4. The van der Waals surface area contributed by atoms with Gasteiger partial charge in [-0.25, -0.2) is 0 Å². The summed E-state index contributed by atoms with van der Waals surface area (Å²) in [4.78, 5) is 50.5. The second-order valence-electron chi connectivity index (χ2n) is 8.12. The molecule has 0 radical (unpaired) electrons. The quantitative estimate of drug-likeness (QED) is 0.214. The number of benzene rings is 1. The summed E-state index contributed by atoms with van der Waals surface area (Å²) in [6.07, 6.45) is 2.85. The van der Waals surface area contributed by atoms with Gasteiger partial charge >= 0.3 is 5.97 Å². The van der Waals surface area contributed by atoms with Crippen molar-refractivity contribution in [3.63, 3.8) is 0 Å². The first kappa shape index (κ1) is 26.1. The van der Waals surface area contributed by atoms with Gasteiger partial charge in [0.1, 0.15) is 24.4 Å². The minimum absolute atomic E-state index is 0.106. The number of likely N-dealkylation sites (tertiary alicyclic amines) is 1. The van der Waals surface area contributed by atoms with Crippen LogP contribution in [0.25, 0.3) is 0 Å². The van der Waals surface area contributed by atoms with Gasteiger partial charge in [0.2, 0.25) is 17.7 Å². The van der Waals surface area contributed by atoms with Gasteiger partial charge in [-0.05, 0) is 62.8 Å². The van der Waals surface area contributed by atoms with Crippen LogP contribution in [0, 0.1) is 0 Å². The lowest BCUT2D eigenvalue weighted by atomic mass is 10.0. The molecule has 3 atom stereocenters. The third-order valence-electron chi connectivity index (χ3n) is 5.54. The number of nitrogens with two attached hydrogens (primary N) is 2. The van der Waals surface area contributed by atoms with E-state index in [0.717, 1.165) is 5.56 Å². The zero-order valence-corrected chi connectivity index (χ0v) is 18.5. The molecule has 1 aromatic rings. The second-order valence-corrected chi connectivity index (χ2v) is 8.12. The number of phenolic OH excluding ortho intramolecular Hbond substituents is 1. The first-order valence-electron chi connectivity index (χ1n) is 11.1. The van der Waals surface area contributed by atoms with Gasteiger partial charge in [0.25, 0.3) is 0 Å². The summed E-state index contributed by atoms with van der Waals surface area (Å²) >= 11 is 0. The zero-order valence-electron chi connectivity index (χ0n) is 18.5. The number of carbonyl (C=O) groups is 4. The van der Waals surface area contributed by atoms with Gasteiger partial charge < -0.3 is 37.2 Å². The molecule has 1 heterocycles. The number of nitrogens with zero attached hydrogens (tertiary/aromatic N) is 1. The molecule has 33 heavy (non-hydrogen) atoms. The molecule has 1 aromatic carbocycles. The number of rotatable bonds is 12. The largest absolute Gasteiger partial charge is 0.508 e. The number of carboxylic acids is 1. The Morgan fingerprint density at radius 3 is 2.48 bits per heavy atom. The van der Waals surface area contributed by atoms with E-state index in [4.69, 9.17) is 16.6 Å². The third-order valence-corrected chi connectivity index (χ3v) is 5.54. The van der Waals surface area contributed by atoms with E-state index in [1.807, 2.05) is 0 Å². The van der Waals surface area contributed by atoms with Crippen LogP contribution in [0.1, 0.15) is 37.7 Å². The molecular weight excluding hydrogens is 430 g/mol. The lowest BCUT2D eigenvalue weighted by Crippen LogP contribution is -2.56. The number of nitrogens with one attached hydrogen (secondary N) is 2. The number of hydrogen-bond donors (Lipinski definition) is 6.